The average Bonchev–Trinajstić information content (AvgIpc) is 2.21. The van der Waals surface area contributed by atoms with Crippen molar-refractivity contribution in [2.75, 3.05) is 0 Å². The van der Waals surface area contributed by atoms with Gasteiger partial charge in [-0.25, -0.2) is 19.9 Å². The molecule has 0 aromatic carbocycles. The zero-order valence-electron chi connectivity index (χ0n) is 6.85. The van der Waals surface area contributed by atoms with Gasteiger partial charge in [-0.3, -0.25) is 0 Å². The Morgan fingerprint density at radius 3 is 1.21 bits per heavy atom. The van der Waals surface area contributed by atoms with Crippen LogP contribution in [0.25, 0.3) is 11.1 Å². The Kier molecular flexibility index (Phi) is 2.83. The summed E-state index contributed by atoms with van der Waals surface area (Å²) in [6.45, 7) is 0. The molecule has 70 valence electrons. The summed E-state index contributed by atoms with van der Waals surface area (Å²) in [6, 6.07) is 0. The van der Waals surface area contributed by atoms with Gasteiger partial charge in [-0.2, -0.15) is 0 Å². The van der Waals surface area contributed by atoms with E-state index in [2.05, 4.69) is 51.8 Å². The standard InChI is InChI=1S/C8H4Br2N4/c9-7-11-1-5(2-12-7)6-3-13-8(10)14-4-6/h1-4H. The molecule has 2 aromatic heterocycles. The molecule has 0 atom stereocenters. The van der Waals surface area contributed by atoms with Crippen molar-refractivity contribution in [3.8, 4) is 11.1 Å². The molecule has 0 saturated heterocycles. The summed E-state index contributed by atoms with van der Waals surface area (Å²) in [5.41, 5.74) is 1.78. The molecular weight excluding hydrogens is 312 g/mol. The van der Waals surface area contributed by atoms with Crippen LogP contribution in [0.5, 0.6) is 0 Å². The minimum absolute atomic E-state index is 0.569. The van der Waals surface area contributed by atoms with Crippen LogP contribution in [0, 0.1) is 0 Å². The quantitative estimate of drug-likeness (QED) is 0.759. The van der Waals surface area contributed by atoms with Gasteiger partial charge in [0.2, 0.25) is 0 Å². The van der Waals surface area contributed by atoms with E-state index >= 15 is 0 Å². The molecule has 0 aliphatic rings. The van der Waals surface area contributed by atoms with Gasteiger partial charge in [0.15, 0.2) is 9.47 Å². The first-order valence-corrected chi connectivity index (χ1v) is 5.30. The number of hydrogen-bond acceptors (Lipinski definition) is 4. The first kappa shape index (κ1) is 9.67. The summed E-state index contributed by atoms with van der Waals surface area (Å²) < 4.78 is 1.14. The maximum atomic E-state index is 4.02. The lowest BCUT2D eigenvalue weighted by atomic mass is 10.2. The number of hydrogen-bond donors (Lipinski definition) is 0. The van der Waals surface area contributed by atoms with Crippen LogP contribution in [0.4, 0.5) is 0 Å². The van der Waals surface area contributed by atoms with Crippen molar-refractivity contribution < 1.29 is 0 Å². The molecule has 4 nitrogen and oxygen atoms in total. The van der Waals surface area contributed by atoms with E-state index in [9.17, 15) is 0 Å². The normalized spacial score (nSPS) is 10.1. The van der Waals surface area contributed by atoms with Gasteiger partial charge in [-0.15, -0.1) is 0 Å². The van der Waals surface area contributed by atoms with E-state index in [1.165, 1.54) is 0 Å². The summed E-state index contributed by atoms with van der Waals surface area (Å²) in [7, 11) is 0. The van der Waals surface area contributed by atoms with E-state index in [0.29, 0.717) is 9.47 Å². The fourth-order valence-corrected chi connectivity index (χ4v) is 1.33. The van der Waals surface area contributed by atoms with Gasteiger partial charge in [0.25, 0.3) is 0 Å². The molecule has 0 saturated carbocycles. The molecule has 0 fully saturated rings. The van der Waals surface area contributed by atoms with Crippen LogP contribution in [0.1, 0.15) is 0 Å². The van der Waals surface area contributed by atoms with Gasteiger partial charge >= 0.3 is 0 Å². The Hall–Kier alpha value is -0.880. The van der Waals surface area contributed by atoms with Crippen molar-refractivity contribution in [3.05, 3.63) is 34.3 Å². The lowest BCUT2D eigenvalue weighted by molar-refractivity contribution is 1.09. The van der Waals surface area contributed by atoms with Gasteiger partial charge < -0.3 is 0 Å². The van der Waals surface area contributed by atoms with Gasteiger partial charge in [0.05, 0.1) is 0 Å². The molecular formula is C8H4Br2N4. The second kappa shape index (κ2) is 4.10. The third-order valence-electron chi connectivity index (χ3n) is 1.57. The molecule has 0 aliphatic heterocycles. The van der Waals surface area contributed by atoms with E-state index in [1.54, 1.807) is 24.8 Å². The lowest BCUT2D eigenvalue weighted by Crippen LogP contribution is -1.87. The van der Waals surface area contributed by atoms with Crippen molar-refractivity contribution in [1.29, 1.82) is 0 Å². The highest BCUT2D eigenvalue weighted by molar-refractivity contribution is 9.10. The predicted molar refractivity (Wildman–Crippen MR) is 58.5 cm³/mol. The zero-order valence-corrected chi connectivity index (χ0v) is 10.0. The van der Waals surface area contributed by atoms with Crippen molar-refractivity contribution >= 4 is 31.9 Å². The van der Waals surface area contributed by atoms with E-state index in [1.807, 2.05) is 0 Å². The Morgan fingerprint density at radius 1 is 0.643 bits per heavy atom. The Labute approximate surface area is 97.1 Å². The molecule has 0 N–H and O–H groups in total. The molecule has 0 unspecified atom stereocenters. The molecule has 0 spiro atoms. The largest absolute Gasteiger partial charge is 0.230 e. The first-order chi connectivity index (χ1) is 6.75. The fraction of sp³-hybridized carbons (Fsp3) is 0. The van der Waals surface area contributed by atoms with Gasteiger partial charge in [-0.05, 0) is 31.9 Å². The highest BCUT2D eigenvalue weighted by atomic mass is 79.9. The van der Waals surface area contributed by atoms with Crippen LogP contribution in [0.2, 0.25) is 0 Å². The highest BCUT2D eigenvalue weighted by Gasteiger charge is 1.99. The van der Waals surface area contributed by atoms with Crippen LogP contribution in [0.3, 0.4) is 0 Å². The predicted octanol–water partition coefficient (Wildman–Crippen LogP) is 2.46. The molecule has 0 aliphatic carbocycles. The monoisotopic (exact) mass is 314 g/mol. The third-order valence-corrected chi connectivity index (χ3v) is 2.39. The van der Waals surface area contributed by atoms with Crippen LogP contribution in [-0.4, -0.2) is 19.9 Å². The van der Waals surface area contributed by atoms with Crippen LogP contribution in [-0.2, 0) is 0 Å². The van der Waals surface area contributed by atoms with Crippen LogP contribution >= 0.6 is 31.9 Å². The Balaban J connectivity index is 2.40. The van der Waals surface area contributed by atoms with E-state index in [0.717, 1.165) is 11.1 Å². The minimum Gasteiger partial charge on any atom is -0.230 e. The van der Waals surface area contributed by atoms with E-state index in [4.69, 9.17) is 0 Å². The zero-order chi connectivity index (χ0) is 9.97. The number of rotatable bonds is 1. The maximum Gasteiger partial charge on any atom is 0.196 e. The molecule has 6 heteroatoms. The molecule has 0 amide bonds. The molecule has 0 bridgehead atoms. The van der Waals surface area contributed by atoms with Gasteiger partial charge in [0, 0.05) is 35.9 Å². The third kappa shape index (κ3) is 2.13. The molecule has 2 aromatic rings. The fourth-order valence-electron chi connectivity index (χ4n) is 0.923. The van der Waals surface area contributed by atoms with E-state index in [-0.39, 0.29) is 0 Å². The topological polar surface area (TPSA) is 51.6 Å². The van der Waals surface area contributed by atoms with Gasteiger partial charge in [0.1, 0.15) is 0 Å². The maximum absolute atomic E-state index is 4.02. The van der Waals surface area contributed by atoms with Crippen molar-refractivity contribution in [3.63, 3.8) is 0 Å². The van der Waals surface area contributed by atoms with Crippen molar-refractivity contribution in [2.24, 2.45) is 0 Å². The SMILES string of the molecule is Brc1ncc(-c2cnc(Br)nc2)cn1. The Bertz CT molecular complexity index is 383. The smallest absolute Gasteiger partial charge is 0.196 e. The summed E-state index contributed by atoms with van der Waals surface area (Å²) in [5.74, 6) is 0. The molecule has 14 heavy (non-hydrogen) atoms. The first-order valence-electron chi connectivity index (χ1n) is 3.71. The van der Waals surface area contributed by atoms with Crippen LogP contribution < -0.4 is 0 Å². The second-order valence-electron chi connectivity index (χ2n) is 2.48. The minimum atomic E-state index is 0.569. The summed E-state index contributed by atoms with van der Waals surface area (Å²) >= 11 is 6.34. The van der Waals surface area contributed by atoms with Crippen molar-refractivity contribution in [2.45, 2.75) is 0 Å². The number of nitrogens with zero attached hydrogens (tertiary/aromatic N) is 4. The average molecular weight is 316 g/mol. The number of aromatic nitrogens is 4. The lowest BCUT2D eigenvalue weighted by Gasteiger charge is -1.98. The Morgan fingerprint density at radius 2 is 0.929 bits per heavy atom. The highest BCUT2D eigenvalue weighted by Crippen LogP contribution is 2.16. The number of halogens is 2. The van der Waals surface area contributed by atoms with Crippen LogP contribution in [0.15, 0.2) is 34.3 Å². The second-order valence-corrected chi connectivity index (χ2v) is 3.90. The summed E-state index contributed by atoms with van der Waals surface area (Å²) in [4.78, 5) is 16.1. The van der Waals surface area contributed by atoms with E-state index < -0.39 is 0 Å². The molecule has 0 radical (unpaired) electrons. The van der Waals surface area contributed by atoms with Crippen molar-refractivity contribution in [1.82, 2.24) is 19.9 Å². The summed E-state index contributed by atoms with van der Waals surface area (Å²) in [5, 5.41) is 0. The molecule has 2 rings (SSSR count). The van der Waals surface area contributed by atoms with Gasteiger partial charge in [-0.1, -0.05) is 0 Å². The molecule has 2 heterocycles. The summed E-state index contributed by atoms with van der Waals surface area (Å²) in [6.07, 6.45) is 6.85.